The molecule has 1 atom stereocenters. The third kappa shape index (κ3) is 3.23. The molecule has 0 aromatic carbocycles. The van der Waals surface area contributed by atoms with Crippen molar-refractivity contribution in [1.82, 2.24) is 10.2 Å². The zero-order valence-electron chi connectivity index (χ0n) is 12.2. The van der Waals surface area contributed by atoms with Gasteiger partial charge in [0.25, 0.3) is 5.91 Å². The van der Waals surface area contributed by atoms with Gasteiger partial charge in [-0.1, -0.05) is 6.92 Å². The van der Waals surface area contributed by atoms with E-state index in [4.69, 9.17) is 0 Å². The number of carbonyl (C=O) groups excluding carboxylic acids is 1. The Morgan fingerprint density at radius 2 is 2.25 bits per heavy atom. The van der Waals surface area contributed by atoms with Crippen LogP contribution in [0.5, 0.6) is 0 Å². The molecule has 1 aliphatic carbocycles. The van der Waals surface area contributed by atoms with E-state index in [0.29, 0.717) is 6.04 Å². The average molecular weight is 292 g/mol. The van der Waals surface area contributed by atoms with E-state index in [9.17, 15) is 4.79 Å². The average Bonchev–Trinajstić information content (AvgIpc) is 2.95. The minimum absolute atomic E-state index is 0.262. The molecule has 0 bridgehead atoms. The van der Waals surface area contributed by atoms with E-state index in [1.165, 1.54) is 31.2 Å². The van der Waals surface area contributed by atoms with E-state index in [2.05, 4.69) is 28.6 Å². The predicted molar refractivity (Wildman–Crippen MR) is 83.3 cm³/mol. The lowest BCUT2D eigenvalue weighted by molar-refractivity contribution is 0.0737. The first-order valence-electron chi connectivity index (χ1n) is 7.87. The van der Waals surface area contributed by atoms with Crippen molar-refractivity contribution in [3.63, 3.8) is 0 Å². The summed E-state index contributed by atoms with van der Waals surface area (Å²) < 4.78 is 0. The highest BCUT2D eigenvalue weighted by Gasteiger charge is 2.30. The molecular formula is C16H24N2OS. The molecule has 2 heterocycles. The molecule has 1 aromatic rings. The van der Waals surface area contributed by atoms with E-state index in [1.54, 1.807) is 11.3 Å². The lowest BCUT2D eigenvalue weighted by atomic mass is 10.1. The first kappa shape index (κ1) is 14.1. The molecule has 1 unspecified atom stereocenters. The van der Waals surface area contributed by atoms with Gasteiger partial charge in [-0.15, -0.1) is 11.3 Å². The summed E-state index contributed by atoms with van der Waals surface area (Å²) in [6.45, 7) is 5.08. The van der Waals surface area contributed by atoms with E-state index >= 15 is 0 Å². The number of carbonyl (C=O) groups is 1. The zero-order chi connectivity index (χ0) is 13.9. The Labute approximate surface area is 125 Å². The van der Waals surface area contributed by atoms with E-state index < -0.39 is 0 Å². The fraction of sp³-hybridized carbons (Fsp3) is 0.688. The molecule has 1 aliphatic heterocycles. The van der Waals surface area contributed by atoms with Gasteiger partial charge in [0.05, 0.1) is 4.88 Å². The van der Waals surface area contributed by atoms with Crippen LogP contribution in [-0.4, -0.2) is 36.5 Å². The Morgan fingerprint density at radius 3 is 2.90 bits per heavy atom. The number of hydrogen-bond donors (Lipinski definition) is 1. The maximum atomic E-state index is 12.8. The molecule has 110 valence electrons. The minimum atomic E-state index is 0.262. The standard InChI is InChI=1S/C16H24N2OS/c1-2-13-7-9-20-15(13)16(19)18(10-12-5-6-12)11-14-4-3-8-17-14/h7,9,12,14,17H,2-6,8,10-11H2,1H3. The summed E-state index contributed by atoms with van der Waals surface area (Å²) in [5.41, 5.74) is 1.21. The minimum Gasteiger partial charge on any atom is -0.336 e. The van der Waals surface area contributed by atoms with Crippen LogP contribution in [0.2, 0.25) is 0 Å². The third-order valence-electron chi connectivity index (χ3n) is 4.39. The molecule has 20 heavy (non-hydrogen) atoms. The molecule has 1 N–H and O–H groups in total. The van der Waals surface area contributed by atoms with Crippen LogP contribution in [0, 0.1) is 5.92 Å². The monoisotopic (exact) mass is 292 g/mol. The number of thiophene rings is 1. The van der Waals surface area contributed by atoms with Gasteiger partial charge in [-0.2, -0.15) is 0 Å². The Bertz CT molecular complexity index is 461. The number of nitrogens with one attached hydrogen (secondary N) is 1. The van der Waals surface area contributed by atoms with Gasteiger partial charge < -0.3 is 10.2 Å². The second kappa shape index (κ2) is 6.27. The molecule has 3 nitrogen and oxygen atoms in total. The second-order valence-corrected chi connectivity index (χ2v) is 6.99. The smallest absolute Gasteiger partial charge is 0.264 e. The second-order valence-electron chi connectivity index (χ2n) is 6.08. The highest BCUT2D eigenvalue weighted by Crippen LogP contribution is 2.31. The van der Waals surface area contributed by atoms with Crippen LogP contribution < -0.4 is 5.32 Å². The Hall–Kier alpha value is -0.870. The van der Waals surface area contributed by atoms with Crippen LogP contribution in [0.4, 0.5) is 0 Å². The lowest BCUT2D eigenvalue weighted by Crippen LogP contribution is -2.42. The fourth-order valence-electron chi connectivity index (χ4n) is 2.98. The van der Waals surface area contributed by atoms with Crippen molar-refractivity contribution < 1.29 is 4.79 Å². The number of rotatable bonds is 6. The number of hydrogen-bond acceptors (Lipinski definition) is 3. The highest BCUT2D eigenvalue weighted by atomic mass is 32.1. The van der Waals surface area contributed by atoms with Gasteiger partial charge in [-0.3, -0.25) is 4.79 Å². The van der Waals surface area contributed by atoms with E-state index in [-0.39, 0.29) is 5.91 Å². The maximum absolute atomic E-state index is 12.8. The van der Waals surface area contributed by atoms with Crippen molar-refractivity contribution in [2.75, 3.05) is 19.6 Å². The normalized spacial score (nSPS) is 22.1. The van der Waals surface area contributed by atoms with Crippen LogP contribution in [-0.2, 0) is 6.42 Å². The van der Waals surface area contributed by atoms with E-state index in [0.717, 1.165) is 36.9 Å². The molecule has 0 spiro atoms. The van der Waals surface area contributed by atoms with Gasteiger partial charge in [0, 0.05) is 19.1 Å². The number of amides is 1. The van der Waals surface area contributed by atoms with Gasteiger partial charge in [0.15, 0.2) is 0 Å². The van der Waals surface area contributed by atoms with Crippen molar-refractivity contribution in [2.24, 2.45) is 5.92 Å². The Balaban J connectivity index is 1.71. The number of nitrogens with zero attached hydrogens (tertiary/aromatic N) is 1. The summed E-state index contributed by atoms with van der Waals surface area (Å²) in [5, 5.41) is 5.57. The van der Waals surface area contributed by atoms with Crippen molar-refractivity contribution in [1.29, 1.82) is 0 Å². The van der Waals surface area contributed by atoms with Gasteiger partial charge in [-0.25, -0.2) is 0 Å². The molecule has 2 fully saturated rings. The number of aryl methyl sites for hydroxylation is 1. The fourth-order valence-corrected chi connectivity index (χ4v) is 3.94. The Morgan fingerprint density at radius 1 is 1.40 bits per heavy atom. The molecule has 4 heteroatoms. The maximum Gasteiger partial charge on any atom is 0.264 e. The zero-order valence-corrected chi connectivity index (χ0v) is 13.0. The van der Waals surface area contributed by atoms with Gasteiger partial charge >= 0.3 is 0 Å². The predicted octanol–water partition coefficient (Wildman–Crippen LogP) is 2.91. The first-order valence-corrected chi connectivity index (χ1v) is 8.75. The molecule has 3 rings (SSSR count). The van der Waals surface area contributed by atoms with Crippen molar-refractivity contribution in [2.45, 2.75) is 45.1 Å². The topological polar surface area (TPSA) is 32.3 Å². The van der Waals surface area contributed by atoms with Gasteiger partial charge in [0.1, 0.15) is 0 Å². The highest BCUT2D eigenvalue weighted by molar-refractivity contribution is 7.12. The quantitative estimate of drug-likeness (QED) is 0.874. The van der Waals surface area contributed by atoms with Crippen LogP contribution >= 0.6 is 11.3 Å². The van der Waals surface area contributed by atoms with Crippen molar-refractivity contribution in [3.05, 3.63) is 21.9 Å². The molecule has 2 aliphatic rings. The summed E-state index contributed by atoms with van der Waals surface area (Å²) in [6.07, 6.45) is 6.00. The van der Waals surface area contributed by atoms with Gasteiger partial charge in [-0.05, 0) is 61.6 Å². The molecule has 1 saturated carbocycles. The molecule has 1 saturated heterocycles. The summed E-state index contributed by atoms with van der Waals surface area (Å²) >= 11 is 1.60. The lowest BCUT2D eigenvalue weighted by Gasteiger charge is -2.26. The summed E-state index contributed by atoms with van der Waals surface area (Å²) in [7, 11) is 0. The van der Waals surface area contributed by atoms with Crippen molar-refractivity contribution in [3.8, 4) is 0 Å². The van der Waals surface area contributed by atoms with E-state index in [1.807, 2.05) is 0 Å². The van der Waals surface area contributed by atoms with Crippen molar-refractivity contribution >= 4 is 17.2 Å². The molecule has 1 aromatic heterocycles. The Kier molecular flexibility index (Phi) is 4.41. The van der Waals surface area contributed by atoms with Crippen LogP contribution in [0.3, 0.4) is 0 Å². The van der Waals surface area contributed by atoms with Crippen LogP contribution in [0.25, 0.3) is 0 Å². The molecule has 1 amide bonds. The SMILES string of the molecule is CCc1ccsc1C(=O)N(CC1CC1)CC1CCCN1. The largest absolute Gasteiger partial charge is 0.336 e. The molecular weight excluding hydrogens is 268 g/mol. The molecule has 0 radical (unpaired) electrons. The summed E-state index contributed by atoms with van der Waals surface area (Å²) in [6, 6.07) is 2.60. The van der Waals surface area contributed by atoms with Crippen LogP contribution in [0.1, 0.15) is 47.8 Å². The summed E-state index contributed by atoms with van der Waals surface area (Å²) in [5.74, 6) is 1.02. The van der Waals surface area contributed by atoms with Gasteiger partial charge in [0.2, 0.25) is 0 Å². The summed E-state index contributed by atoms with van der Waals surface area (Å²) in [4.78, 5) is 15.9. The third-order valence-corrected chi connectivity index (χ3v) is 5.33. The first-order chi connectivity index (χ1) is 9.78. The van der Waals surface area contributed by atoms with Crippen LogP contribution in [0.15, 0.2) is 11.4 Å².